The Bertz CT molecular complexity index is 903. The van der Waals surface area contributed by atoms with Crippen LogP contribution in [0.5, 0.6) is 0 Å². The van der Waals surface area contributed by atoms with Gasteiger partial charge in [0.2, 0.25) is 0 Å². The highest BCUT2D eigenvalue weighted by Gasteiger charge is 2.32. The molecule has 0 spiro atoms. The molecule has 0 aliphatic heterocycles. The Morgan fingerprint density at radius 2 is 1.87 bits per heavy atom. The molecule has 2 rings (SSSR count). The third-order valence-electron chi connectivity index (χ3n) is 6.97. The van der Waals surface area contributed by atoms with Crippen molar-refractivity contribution in [2.45, 2.75) is 85.6 Å². The van der Waals surface area contributed by atoms with Gasteiger partial charge in [0.1, 0.15) is 11.6 Å². The number of carbonyl (C=O) groups is 2. The highest BCUT2D eigenvalue weighted by molar-refractivity contribution is 5.80. The standard InChI is InChI=1S/C24H35N3O4/c1-6-24(4,5)17-7-9-18(10-8-17)27-21(28)14-31-22(29)12-11-19-15(2)20(13-25)23(30)26-16(19)3/h17-18H,6-12,14H2,1-5H3,(H,26,30)(H,27,28). The number of carbonyl (C=O) groups excluding carboxylic acids is 2. The summed E-state index contributed by atoms with van der Waals surface area (Å²) in [7, 11) is 0. The number of aryl methyl sites for hydroxylation is 1. The Hall–Kier alpha value is -2.62. The zero-order chi connectivity index (χ0) is 23.2. The molecule has 0 aromatic carbocycles. The molecule has 2 N–H and O–H groups in total. The molecular formula is C24H35N3O4. The fraction of sp³-hybridized carbons (Fsp3) is 0.667. The van der Waals surface area contributed by atoms with E-state index in [-0.39, 0.29) is 30.5 Å². The number of esters is 1. The third-order valence-corrected chi connectivity index (χ3v) is 6.97. The van der Waals surface area contributed by atoms with E-state index in [0.29, 0.717) is 29.0 Å². The molecule has 1 aliphatic carbocycles. The van der Waals surface area contributed by atoms with Crippen LogP contribution in [0.1, 0.15) is 81.7 Å². The second kappa shape index (κ2) is 10.6. The van der Waals surface area contributed by atoms with Crippen molar-refractivity contribution in [3.8, 4) is 6.07 Å². The topological polar surface area (TPSA) is 112 Å². The van der Waals surface area contributed by atoms with Crippen LogP contribution in [-0.2, 0) is 20.7 Å². The van der Waals surface area contributed by atoms with Crippen LogP contribution in [0.4, 0.5) is 0 Å². The molecule has 0 radical (unpaired) electrons. The summed E-state index contributed by atoms with van der Waals surface area (Å²) in [6, 6.07) is 2.04. The molecule has 0 atom stereocenters. The summed E-state index contributed by atoms with van der Waals surface area (Å²) >= 11 is 0. The number of H-pyrrole nitrogens is 1. The minimum absolute atomic E-state index is 0.0605. The molecule has 1 aromatic heterocycles. The van der Waals surface area contributed by atoms with Gasteiger partial charge in [0, 0.05) is 18.2 Å². The van der Waals surface area contributed by atoms with Crippen molar-refractivity contribution in [2.24, 2.45) is 11.3 Å². The molecule has 1 aliphatic rings. The summed E-state index contributed by atoms with van der Waals surface area (Å²) in [5.74, 6) is -0.0633. The van der Waals surface area contributed by atoms with Crippen LogP contribution in [0, 0.1) is 36.5 Å². The molecule has 1 fully saturated rings. The van der Waals surface area contributed by atoms with E-state index in [1.54, 1.807) is 13.8 Å². The lowest BCUT2D eigenvalue weighted by molar-refractivity contribution is -0.148. The normalized spacial score (nSPS) is 18.8. The van der Waals surface area contributed by atoms with E-state index in [4.69, 9.17) is 10.00 Å². The second-order valence-corrected chi connectivity index (χ2v) is 9.29. The zero-order valence-corrected chi connectivity index (χ0v) is 19.4. The van der Waals surface area contributed by atoms with Gasteiger partial charge in [0.05, 0.1) is 0 Å². The van der Waals surface area contributed by atoms with Crippen LogP contribution in [0.25, 0.3) is 0 Å². The lowest BCUT2D eigenvalue weighted by Crippen LogP contribution is -2.41. The van der Waals surface area contributed by atoms with Crippen molar-refractivity contribution in [1.29, 1.82) is 5.26 Å². The number of ether oxygens (including phenoxy) is 1. The number of aromatic nitrogens is 1. The molecule has 0 saturated heterocycles. The summed E-state index contributed by atoms with van der Waals surface area (Å²) in [6.45, 7) is 10.0. The van der Waals surface area contributed by atoms with Gasteiger partial charge in [-0.15, -0.1) is 0 Å². The predicted octanol–water partition coefficient (Wildman–Crippen LogP) is 3.45. The molecular weight excluding hydrogens is 394 g/mol. The number of nitrogens with zero attached hydrogens (tertiary/aromatic N) is 1. The summed E-state index contributed by atoms with van der Waals surface area (Å²) in [6.07, 6.45) is 5.69. The number of rotatable bonds is 8. The minimum atomic E-state index is -0.480. The second-order valence-electron chi connectivity index (χ2n) is 9.29. The first-order chi connectivity index (χ1) is 14.6. The number of aromatic amines is 1. The molecule has 1 heterocycles. The van der Waals surface area contributed by atoms with E-state index in [1.165, 1.54) is 0 Å². The van der Waals surface area contributed by atoms with Crippen LogP contribution in [-0.4, -0.2) is 29.5 Å². The van der Waals surface area contributed by atoms with Gasteiger partial charge in [-0.2, -0.15) is 5.26 Å². The van der Waals surface area contributed by atoms with Gasteiger partial charge < -0.3 is 15.0 Å². The van der Waals surface area contributed by atoms with Crippen molar-refractivity contribution in [1.82, 2.24) is 10.3 Å². The Morgan fingerprint density at radius 3 is 2.45 bits per heavy atom. The third kappa shape index (κ3) is 6.43. The molecule has 7 nitrogen and oxygen atoms in total. The summed E-state index contributed by atoms with van der Waals surface area (Å²) in [4.78, 5) is 38.7. The van der Waals surface area contributed by atoms with E-state index >= 15 is 0 Å². The summed E-state index contributed by atoms with van der Waals surface area (Å²) in [5.41, 5.74) is 1.94. The molecule has 170 valence electrons. The predicted molar refractivity (Wildman–Crippen MR) is 118 cm³/mol. The highest BCUT2D eigenvalue weighted by Crippen LogP contribution is 2.40. The van der Waals surface area contributed by atoms with Gasteiger partial charge >= 0.3 is 5.97 Å². The van der Waals surface area contributed by atoms with Crippen molar-refractivity contribution in [3.63, 3.8) is 0 Å². The summed E-state index contributed by atoms with van der Waals surface area (Å²) < 4.78 is 5.13. The molecule has 0 unspecified atom stereocenters. The van der Waals surface area contributed by atoms with E-state index in [1.807, 2.05) is 6.07 Å². The lowest BCUT2D eigenvalue weighted by Gasteiger charge is -2.39. The van der Waals surface area contributed by atoms with Crippen molar-refractivity contribution < 1.29 is 14.3 Å². The largest absolute Gasteiger partial charge is 0.456 e. The monoisotopic (exact) mass is 429 g/mol. The van der Waals surface area contributed by atoms with E-state index in [2.05, 4.69) is 31.1 Å². The fourth-order valence-electron chi connectivity index (χ4n) is 4.44. The van der Waals surface area contributed by atoms with Crippen molar-refractivity contribution in [2.75, 3.05) is 6.61 Å². The van der Waals surface area contributed by atoms with Crippen LogP contribution in [0.15, 0.2) is 4.79 Å². The molecule has 0 bridgehead atoms. The smallest absolute Gasteiger partial charge is 0.306 e. The average molecular weight is 430 g/mol. The van der Waals surface area contributed by atoms with Crippen LogP contribution in [0.3, 0.4) is 0 Å². The molecule has 7 heteroatoms. The van der Waals surface area contributed by atoms with Crippen molar-refractivity contribution in [3.05, 3.63) is 32.7 Å². The number of nitriles is 1. The quantitative estimate of drug-likeness (QED) is 0.615. The first-order valence-electron chi connectivity index (χ1n) is 11.2. The maximum Gasteiger partial charge on any atom is 0.306 e. The number of nitrogens with one attached hydrogen (secondary N) is 2. The lowest BCUT2D eigenvalue weighted by atomic mass is 9.69. The number of hydrogen-bond acceptors (Lipinski definition) is 5. The van der Waals surface area contributed by atoms with Crippen LogP contribution >= 0.6 is 0 Å². The molecule has 31 heavy (non-hydrogen) atoms. The molecule has 1 saturated carbocycles. The summed E-state index contributed by atoms with van der Waals surface area (Å²) in [5, 5.41) is 12.1. The van der Waals surface area contributed by atoms with Gasteiger partial charge in [-0.25, -0.2) is 0 Å². The van der Waals surface area contributed by atoms with Gasteiger partial charge in [-0.05, 0) is 68.4 Å². The Labute approximate surface area is 184 Å². The SMILES string of the molecule is CCC(C)(C)C1CCC(NC(=O)COC(=O)CCc2c(C)[nH]c(=O)c(C#N)c2C)CC1. The van der Waals surface area contributed by atoms with E-state index < -0.39 is 11.5 Å². The number of amides is 1. The molecule has 1 aromatic rings. The highest BCUT2D eigenvalue weighted by atomic mass is 16.5. The van der Waals surface area contributed by atoms with E-state index in [9.17, 15) is 14.4 Å². The van der Waals surface area contributed by atoms with E-state index in [0.717, 1.165) is 37.7 Å². The zero-order valence-electron chi connectivity index (χ0n) is 19.4. The molecule has 1 amide bonds. The van der Waals surface area contributed by atoms with Crippen molar-refractivity contribution >= 4 is 11.9 Å². The first-order valence-corrected chi connectivity index (χ1v) is 11.2. The van der Waals surface area contributed by atoms with Gasteiger partial charge in [-0.3, -0.25) is 14.4 Å². The Balaban J connectivity index is 1.77. The number of pyridine rings is 1. The Kier molecular flexibility index (Phi) is 8.43. The number of hydrogen-bond donors (Lipinski definition) is 2. The fourth-order valence-corrected chi connectivity index (χ4v) is 4.44. The van der Waals surface area contributed by atoms with Gasteiger partial charge in [-0.1, -0.05) is 27.2 Å². The van der Waals surface area contributed by atoms with Crippen LogP contribution in [0.2, 0.25) is 0 Å². The van der Waals surface area contributed by atoms with Crippen LogP contribution < -0.4 is 10.9 Å². The average Bonchev–Trinajstić information content (AvgIpc) is 2.72. The first kappa shape index (κ1) is 24.6. The maximum absolute atomic E-state index is 12.2. The van der Waals surface area contributed by atoms with Gasteiger partial charge in [0.25, 0.3) is 11.5 Å². The van der Waals surface area contributed by atoms with Gasteiger partial charge in [0.15, 0.2) is 6.61 Å². The minimum Gasteiger partial charge on any atom is -0.456 e. The Morgan fingerprint density at radius 1 is 1.23 bits per heavy atom. The maximum atomic E-state index is 12.2.